The van der Waals surface area contributed by atoms with E-state index in [9.17, 15) is 9.59 Å². The fourth-order valence-corrected chi connectivity index (χ4v) is 3.54. The first kappa shape index (κ1) is 20.0. The molecule has 3 rings (SSSR count). The number of carbonyl (C=O) groups excluding carboxylic acids is 2. The third-order valence-corrected chi connectivity index (χ3v) is 5.27. The zero-order valence-electron chi connectivity index (χ0n) is 16.4. The SMILES string of the molecule is CN(CCc1ccncc1)C(=O)c1cncc(C(=O)NC2CCCCCC2)c1. The molecule has 1 fully saturated rings. The van der Waals surface area contributed by atoms with E-state index in [2.05, 4.69) is 15.3 Å². The van der Waals surface area contributed by atoms with Gasteiger partial charge >= 0.3 is 0 Å². The van der Waals surface area contributed by atoms with Gasteiger partial charge in [0.25, 0.3) is 11.8 Å². The van der Waals surface area contributed by atoms with E-state index in [-0.39, 0.29) is 17.9 Å². The van der Waals surface area contributed by atoms with Gasteiger partial charge in [-0.05, 0) is 43.0 Å². The van der Waals surface area contributed by atoms with E-state index in [1.165, 1.54) is 25.2 Å². The van der Waals surface area contributed by atoms with Gasteiger partial charge in [-0.25, -0.2) is 0 Å². The minimum Gasteiger partial charge on any atom is -0.349 e. The zero-order chi connectivity index (χ0) is 19.8. The molecule has 2 heterocycles. The normalized spacial score (nSPS) is 14.9. The molecule has 0 spiro atoms. The molecule has 28 heavy (non-hydrogen) atoms. The van der Waals surface area contributed by atoms with Crippen molar-refractivity contribution in [3.63, 3.8) is 0 Å². The second kappa shape index (κ2) is 9.97. The molecule has 1 aliphatic carbocycles. The molecule has 2 aromatic heterocycles. The summed E-state index contributed by atoms with van der Waals surface area (Å²) in [7, 11) is 1.77. The zero-order valence-corrected chi connectivity index (χ0v) is 16.4. The lowest BCUT2D eigenvalue weighted by Gasteiger charge is -2.18. The number of hydrogen-bond donors (Lipinski definition) is 1. The number of rotatable bonds is 6. The number of hydrogen-bond acceptors (Lipinski definition) is 4. The topological polar surface area (TPSA) is 75.2 Å². The van der Waals surface area contributed by atoms with Crippen molar-refractivity contribution in [2.45, 2.75) is 51.0 Å². The lowest BCUT2D eigenvalue weighted by atomic mass is 10.1. The Labute approximate surface area is 166 Å². The molecule has 1 aliphatic rings. The number of nitrogens with zero attached hydrogens (tertiary/aromatic N) is 3. The Hall–Kier alpha value is -2.76. The largest absolute Gasteiger partial charge is 0.349 e. The van der Waals surface area contributed by atoms with Crippen molar-refractivity contribution in [3.8, 4) is 0 Å². The van der Waals surface area contributed by atoms with E-state index in [0.29, 0.717) is 17.7 Å². The summed E-state index contributed by atoms with van der Waals surface area (Å²) in [5.74, 6) is -0.279. The Morgan fingerprint density at radius 1 is 1.04 bits per heavy atom. The van der Waals surface area contributed by atoms with Crippen LogP contribution in [0.4, 0.5) is 0 Å². The smallest absolute Gasteiger partial charge is 0.255 e. The average molecular weight is 380 g/mol. The van der Waals surface area contributed by atoms with Crippen molar-refractivity contribution in [1.82, 2.24) is 20.2 Å². The molecular weight excluding hydrogens is 352 g/mol. The fourth-order valence-electron chi connectivity index (χ4n) is 3.54. The van der Waals surface area contributed by atoms with Gasteiger partial charge in [0.2, 0.25) is 0 Å². The van der Waals surface area contributed by atoms with E-state index in [1.807, 2.05) is 12.1 Å². The van der Waals surface area contributed by atoms with Crippen molar-refractivity contribution in [3.05, 3.63) is 59.7 Å². The van der Waals surface area contributed by atoms with Crippen molar-refractivity contribution >= 4 is 11.8 Å². The Morgan fingerprint density at radius 2 is 1.71 bits per heavy atom. The lowest BCUT2D eigenvalue weighted by molar-refractivity contribution is 0.0796. The number of amides is 2. The van der Waals surface area contributed by atoms with Crippen LogP contribution in [0, 0.1) is 0 Å². The highest BCUT2D eigenvalue weighted by Gasteiger charge is 2.18. The molecule has 0 saturated heterocycles. The van der Waals surface area contributed by atoms with Gasteiger partial charge in [0.1, 0.15) is 0 Å². The highest BCUT2D eigenvalue weighted by Crippen LogP contribution is 2.18. The Kier molecular flexibility index (Phi) is 7.12. The van der Waals surface area contributed by atoms with Crippen LogP contribution < -0.4 is 5.32 Å². The van der Waals surface area contributed by atoms with Gasteiger partial charge in [0, 0.05) is 44.4 Å². The summed E-state index contributed by atoms with van der Waals surface area (Å²) < 4.78 is 0. The first-order valence-corrected chi connectivity index (χ1v) is 10.0. The van der Waals surface area contributed by atoms with Gasteiger partial charge in [-0.3, -0.25) is 19.6 Å². The molecule has 2 aromatic rings. The quantitative estimate of drug-likeness (QED) is 0.781. The van der Waals surface area contributed by atoms with Crippen LogP contribution in [0.25, 0.3) is 0 Å². The van der Waals surface area contributed by atoms with E-state index in [0.717, 1.165) is 37.7 Å². The summed E-state index contributed by atoms with van der Waals surface area (Å²) in [6.45, 7) is 0.585. The van der Waals surface area contributed by atoms with Crippen LogP contribution in [-0.2, 0) is 6.42 Å². The first-order valence-electron chi connectivity index (χ1n) is 10.0. The van der Waals surface area contributed by atoms with E-state index in [4.69, 9.17) is 0 Å². The lowest BCUT2D eigenvalue weighted by Crippen LogP contribution is -2.35. The van der Waals surface area contributed by atoms with Crippen LogP contribution in [0.2, 0.25) is 0 Å². The maximum absolute atomic E-state index is 12.7. The molecule has 2 amide bonds. The number of aromatic nitrogens is 2. The molecule has 148 valence electrons. The van der Waals surface area contributed by atoms with Crippen LogP contribution >= 0.6 is 0 Å². The average Bonchev–Trinajstić information content (AvgIpc) is 3.01. The third-order valence-electron chi connectivity index (χ3n) is 5.27. The summed E-state index contributed by atoms with van der Waals surface area (Å²) >= 11 is 0. The molecule has 0 aromatic carbocycles. The summed E-state index contributed by atoms with van der Waals surface area (Å²) in [5.41, 5.74) is 2.01. The Morgan fingerprint density at radius 3 is 2.43 bits per heavy atom. The molecule has 1 saturated carbocycles. The van der Waals surface area contributed by atoms with Crippen LogP contribution in [0.3, 0.4) is 0 Å². The summed E-state index contributed by atoms with van der Waals surface area (Å²) in [5, 5.41) is 3.11. The molecule has 0 unspecified atom stereocenters. The number of nitrogens with one attached hydrogen (secondary N) is 1. The minimum absolute atomic E-state index is 0.134. The van der Waals surface area contributed by atoms with Gasteiger partial charge in [0.05, 0.1) is 11.1 Å². The van der Waals surface area contributed by atoms with Gasteiger partial charge in [0.15, 0.2) is 0 Å². The highest BCUT2D eigenvalue weighted by molar-refractivity contribution is 5.99. The maximum Gasteiger partial charge on any atom is 0.255 e. The molecule has 6 heteroatoms. The fraction of sp³-hybridized carbons (Fsp3) is 0.455. The van der Waals surface area contributed by atoms with E-state index in [1.54, 1.807) is 30.4 Å². The van der Waals surface area contributed by atoms with Gasteiger partial charge in [-0.2, -0.15) is 0 Å². The third kappa shape index (κ3) is 5.62. The number of carbonyl (C=O) groups is 2. The minimum atomic E-state index is -0.145. The Balaban J connectivity index is 1.59. The molecule has 0 radical (unpaired) electrons. The van der Waals surface area contributed by atoms with Crippen molar-refractivity contribution in [1.29, 1.82) is 0 Å². The second-order valence-corrected chi connectivity index (χ2v) is 7.46. The summed E-state index contributed by atoms with van der Waals surface area (Å²) in [6, 6.07) is 5.75. The molecule has 0 aliphatic heterocycles. The molecular formula is C22H28N4O2. The summed E-state index contributed by atoms with van der Waals surface area (Å²) in [4.78, 5) is 35.1. The highest BCUT2D eigenvalue weighted by atomic mass is 16.2. The monoisotopic (exact) mass is 380 g/mol. The Bertz CT molecular complexity index is 786. The predicted molar refractivity (Wildman–Crippen MR) is 108 cm³/mol. The van der Waals surface area contributed by atoms with Crippen LogP contribution in [0.1, 0.15) is 64.8 Å². The van der Waals surface area contributed by atoms with Gasteiger partial charge < -0.3 is 10.2 Å². The molecule has 0 atom stereocenters. The van der Waals surface area contributed by atoms with Crippen LogP contribution in [0.15, 0.2) is 43.0 Å². The second-order valence-electron chi connectivity index (χ2n) is 7.46. The van der Waals surface area contributed by atoms with Crippen molar-refractivity contribution in [2.75, 3.05) is 13.6 Å². The molecule has 1 N–H and O–H groups in total. The van der Waals surface area contributed by atoms with Crippen molar-refractivity contribution in [2.24, 2.45) is 0 Å². The van der Waals surface area contributed by atoms with Gasteiger partial charge in [-0.15, -0.1) is 0 Å². The molecule has 6 nitrogen and oxygen atoms in total. The van der Waals surface area contributed by atoms with Crippen molar-refractivity contribution < 1.29 is 9.59 Å². The van der Waals surface area contributed by atoms with E-state index >= 15 is 0 Å². The molecule has 0 bridgehead atoms. The number of likely N-dealkylation sites (N-methyl/N-ethyl adjacent to an activating group) is 1. The summed E-state index contributed by atoms with van der Waals surface area (Å²) in [6.07, 6.45) is 14.1. The standard InChI is InChI=1S/C22H28N4O2/c1-26(13-10-17-8-11-23-12-9-17)22(28)19-14-18(15-24-16-19)21(27)25-20-6-4-2-3-5-7-20/h8-9,11-12,14-16,20H,2-7,10,13H2,1H3,(H,25,27). The van der Waals surface area contributed by atoms with Gasteiger partial charge in [-0.1, -0.05) is 25.7 Å². The van der Waals surface area contributed by atoms with Crippen LogP contribution in [0.5, 0.6) is 0 Å². The predicted octanol–water partition coefficient (Wildman–Crippen LogP) is 3.24. The maximum atomic E-state index is 12.7. The first-order chi connectivity index (χ1) is 13.6. The van der Waals surface area contributed by atoms with E-state index < -0.39 is 0 Å². The number of pyridine rings is 2. The van der Waals surface area contributed by atoms with Crippen LogP contribution in [-0.4, -0.2) is 46.3 Å².